The molecule has 0 aliphatic heterocycles. The van der Waals surface area contributed by atoms with Crippen LogP contribution in [0.5, 0.6) is 0 Å². The number of halogens is 1. The van der Waals surface area contributed by atoms with E-state index in [1.807, 2.05) is 0 Å². The summed E-state index contributed by atoms with van der Waals surface area (Å²) in [6.45, 7) is 0. The van der Waals surface area contributed by atoms with Crippen LogP contribution in [-0.4, -0.2) is 10.8 Å². The van der Waals surface area contributed by atoms with Crippen LogP contribution in [0.25, 0.3) is 0 Å². The fourth-order valence-corrected chi connectivity index (χ4v) is 1.35. The SMILES string of the molecule is O=C(CC1CC1)c1ccc(Cl)nc1. The molecule has 1 aromatic rings. The number of carbonyl (C=O) groups excluding carboxylic acids is 1. The monoisotopic (exact) mass is 195 g/mol. The van der Waals surface area contributed by atoms with Gasteiger partial charge in [-0.2, -0.15) is 0 Å². The fourth-order valence-electron chi connectivity index (χ4n) is 1.24. The van der Waals surface area contributed by atoms with E-state index in [-0.39, 0.29) is 5.78 Å². The highest BCUT2D eigenvalue weighted by molar-refractivity contribution is 6.29. The number of ketones is 1. The van der Waals surface area contributed by atoms with Crippen LogP contribution in [0.3, 0.4) is 0 Å². The van der Waals surface area contributed by atoms with Crippen molar-refractivity contribution in [3.8, 4) is 0 Å². The molecular weight excluding hydrogens is 186 g/mol. The van der Waals surface area contributed by atoms with E-state index in [1.54, 1.807) is 18.3 Å². The summed E-state index contributed by atoms with van der Waals surface area (Å²) < 4.78 is 0. The van der Waals surface area contributed by atoms with Gasteiger partial charge in [0, 0.05) is 18.2 Å². The fraction of sp³-hybridized carbons (Fsp3) is 0.400. The Morgan fingerprint density at radius 1 is 1.54 bits per heavy atom. The summed E-state index contributed by atoms with van der Waals surface area (Å²) in [4.78, 5) is 15.4. The molecule has 2 nitrogen and oxygen atoms in total. The predicted octanol–water partition coefficient (Wildman–Crippen LogP) is 2.72. The summed E-state index contributed by atoms with van der Waals surface area (Å²) in [5.41, 5.74) is 0.677. The number of nitrogens with zero attached hydrogens (tertiary/aromatic N) is 1. The maximum Gasteiger partial charge on any atom is 0.164 e. The van der Waals surface area contributed by atoms with Gasteiger partial charge in [0.05, 0.1) is 0 Å². The van der Waals surface area contributed by atoms with Gasteiger partial charge >= 0.3 is 0 Å². The molecule has 0 atom stereocenters. The molecule has 0 bridgehead atoms. The molecule has 1 aliphatic carbocycles. The molecule has 2 rings (SSSR count). The van der Waals surface area contributed by atoms with Gasteiger partial charge in [-0.05, 0) is 30.9 Å². The van der Waals surface area contributed by atoms with Crippen LogP contribution in [0, 0.1) is 5.92 Å². The van der Waals surface area contributed by atoms with Gasteiger partial charge < -0.3 is 0 Å². The average molecular weight is 196 g/mol. The first-order valence-corrected chi connectivity index (χ1v) is 4.78. The van der Waals surface area contributed by atoms with E-state index in [4.69, 9.17) is 11.6 Å². The molecule has 1 heterocycles. The Morgan fingerprint density at radius 2 is 2.31 bits per heavy atom. The number of aromatic nitrogens is 1. The zero-order valence-corrected chi connectivity index (χ0v) is 7.92. The molecule has 1 saturated carbocycles. The van der Waals surface area contributed by atoms with Crippen molar-refractivity contribution >= 4 is 17.4 Å². The molecule has 3 heteroatoms. The van der Waals surface area contributed by atoms with Gasteiger partial charge in [-0.1, -0.05) is 11.6 Å². The predicted molar refractivity (Wildman–Crippen MR) is 50.9 cm³/mol. The van der Waals surface area contributed by atoms with Crippen LogP contribution in [0.1, 0.15) is 29.6 Å². The number of hydrogen-bond acceptors (Lipinski definition) is 2. The first-order valence-electron chi connectivity index (χ1n) is 4.40. The molecule has 0 saturated heterocycles. The van der Waals surface area contributed by atoms with Crippen LogP contribution in [-0.2, 0) is 0 Å². The average Bonchev–Trinajstić information content (AvgIpc) is 2.89. The molecule has 0 unspecified atom stereocenters. The van der Waals surface area contributed by atoms with E-state index in [0.29, 0.717) is 23.1 Å². The Balaban J connectivity index is 2.05. The third-order valence-electron chi connectivity index (χ3n) is 2.22. The topological polar surface area (TPSA) is 30.0 Å². The molecule has 0 spiro atoms. The van der Waals surface area contributed by atoms with Crippen LogP contribution >= 0.6 is 11.6 Å². The van der Waals surface area contributed by atoms with Gasteiger partial charge in [-0.25, -0.2) is 4.98 Å². The summed E-state index contributed by atoms with van der Waals surface area (Å²) in [6.07, 6.45) is 4.62. The number of rotatable bonds is 3. The molecule has 1 aliphatic rings. The minimum absolute atomic E-state index is 0.187. The van der Waals surface area contributed by atoms with Crippen LogP contribution < -0.4 is 0 Å². The molecule has 1 aromatic heterocycles. The minimum Gasteiger partial charge on any atom is -0.294 e. The second kappa shape index (κ2) is 3.46. The summed E-state index contributed by atoms with van der Waals surface area (Å²) in [6, 6.07) is 3.39. The zero-order chi connectivity index (χ0) is 9.26. The largest absolute Gasteiger partial charge is 0.294 e. The van der Waals surface area contributed by atoms with Gasteiger partial charge in [0.1, 0.15) is 5.15 Å². The van der Waals surface area contributed by atoms with Crippen LogP contribution in [0.4, 0.5) is 0 Å². The summed E-state index contributed by atoms with van der Waals surface area (Å²) in [7, 11) is 0. The third-order valence-corrected chi connectivity index (χ3v) is 2.44. The molecule has 0 amide bonds. The van der Waals surface area contributed by atoms with Gasteiger partial charge in [-0.15, -0.1) is 0 Å². The third kappa shape index (κ3) is 2.28. The first kappa shape index (κ1) is 8.70. The van der Waals surface area contributed by atoms with Gasteiger partial charge in [0.2, 0.25) is 0 Å². The van der Waals surface area contributed by atoms with Crippen molar-refractivity contribution in [3.63, 3.8) is 0 Å². The minimum atomic E-state index is 0.187. The van der Waals surface area contributed by atoms with Crippen LogP contribution in [0.15, 0.2) is 18.3 Å². The van der Waals surface area contributed by atoms with Crippen molar-refractivity contribution in [2.45, 2.75) is 19.3 Å². The second-order valence-corrected chi connectivity index (χ2v) is 3.83. The molecular formula is C10H10ClNO. The Bertz CT molecular complexity index is 316. The van der Waals surface area contributed by atoms with Crippen molar-refractivity contribution < 1.29 is 4.79 Å². The van der Waals surface area contributed by atoms with Crippen molar-refractivity contribution in [2.75, 3.05) is 0 Å². The van der Waals surface area contributed by atoms with E-state index in [2.05, 4.69) is 4.98 Å². The lowest BCUT2D eigenvalue weighted by molar-refractivity contribution is 0.0976. The molecule has 68 valence electrons. The highest BCUT2D eigenvalue weighted by atomic mass is 35.5. The molecule has 0 N–H and O–H groups in total. The summed E-state index contributed by atoms with van der Waals surface area (Å²) in [5, 5.41) is 0.433. The maximum absolute atomic E-state index is 11.5. The number of carbonyl (C=O) groups is 1. The maximum atomic E-state index is 11.5. The quantitative estimate of drug-likeness (QED) is 0.548. The van der Waals surface area contributed by atoms with Crippen LogP contribution in [0.2, 0.25) is 5.15 Å². The highest BCUT2D eigenvalue weighted by Gasteiger charge is 2.24. The van der Waals surface area contributed by atoms with E-state index in [1.165, 1.54) is 12.8 Å². The Hall–Kier alpha value is -0.890. The van der Waals surface area contributed by atoms with E-state index in [9.17, 15) is 4.79 Å². The molecule has 13 heavy (non-hydrogen) atoms. The Morgan fingerprint density at radius 3 is 2.85 bits per heavy atom. The summed E-state index contributed by atoms with van der Waals surface area (Å²) in [5.74, 6) is 0.815. The number of pyridine rings is 1. The van der Waals surface area contributed by atoms with E-state index >= 15 is 0 Å². The lowest BCUT2D eigenvalue weighted by Gasteiger charge is -1.98. The number of Topliss-reactive ketones (excluding diaryl/α,β-unsaturated/α-hetero) is 1. The highest BCUT2D eigenvalue weighted by Crippen LogP contribution is 2.33. The Labute approximate surface area is 81.9 Å². The first-order chi connectivity index (χ1) is 6.25. The number of hydrogen-bond donors (Lipinski definition) is 0. The lowest BCUT2D eigenvalue weighted by Crippen LogP contribution is -2.00. The molecule has 0 radical (unpaired) electrons. The van der Waals surface area contributed by atoms with E-state index < -0.39 is 0 Å². The second-order valence-electron chi connectivity index (χ2n) is 3.44. The normalized spacial score (nSPS) is 15.8. The Kier molecular flexibility index (Phi) is 2.32. The molecule has 0 aromatic carbocycles. The van der Waals surface area contributed by atoms with Crippen molar-refractivity contribution in [1.82, 2.24) is 4.98 Å². The van der Waals surface area contributed by atoms with E-state index in [0.717, 1.165) is 0 Å². The van der Waals surface area contributed by atoms with Crippen molar-refractivity contribution in [2.24, 2.45) is 5.92 Å². The lowest BCUT2D eigenvalue weighted by atomic mass is 10.1. The standard InChI is InChI=1S/C10H10ClNO/c11-10-4-3-8(6-12-10)9(13)5-7-1-2-7/h3-4,6-7H,1-2,5H2. The van der Waals surface area contributed by atoms with Gasteiger partial charge in [-0.3, -0.25) is 4.79 Å². The molecule has 1 fully saturated rings. The van der Waals surface area contributed by atoms with Crippen molar-refractivity contribution in [1.29, 1.82) is 0 Å². The zero-order valence-electron chi connectivity index (χ0n) is 7.16. The van der Waals surface area contributed by atoms with Gasteiger partial charge in [0.25, 0.3) is 0 Å². The smallest absolute Gasteiger partial charge is 0.164 e. The van der Waals surface area contributed by atoms with Crippen molar-refractivity contribution in [3.05, 3.63) is 29.0 Å². The summed E-state index contributed by atoms with van der Waals surface area (Å²) >= 11 is 5.61. The van der Waals surface area contributed by atoms with Gasteiger partial charge in [0.15, 0.2) is 5.78 Å².